The number of methoxy groups -OCH3 is 1. The summed E-state index contributed by atoms with van der Waals surface area (Å²) in [5.74, 6) is 1.01. The molecule has 0 atom stereocenters. The highest BCUT2D eigenvalue weighted by atomic mass is 32.2. The third kappa shape index (κ3) is 3.86. The van der Waals surface area contributed by atoms with E-state index in [0.29, 0.717) is 22.5 Å². The van der Waals surface area contributed by atoms with Crippen molar-refractivity contribution in [3.8, 4) is 17.1 Å². The van der Waals surface area contributed by atoms with Gasteiger partial charge in [-0.3, -0.25) is 9.52 Å². The number of anilines is 1. The van der Waals surface area contributed by atoms with Crippen LogP contribution in [0.15, 0.2) is 93.0 Å². The van der Waals surface area contributed by atoms with Gasteiger partial charge in [-0.25, -0.2) is 8.42 Å². The van der Waals surface area contributed by atoms with Crippen LogP contribution in [0.1, 0.15) is 0 Å². The highest BCUT2D eigenvalue weighted by Gasteiger charge is 2.15. The van der Waals surface area contributed by atoms with Crippen LogP contribution in [-0.2, 0) is 10.0 Å². The Bertz CT molecular complexity index is 1330. The molecule has 0 radical (unpaired) electrons. The van der Waals surface area contributed by atoms with Crippen LogP contribution in [0.5, 0.6) is 5.75 Å². The molecule has 1 heterocycles. The van der Waals surface area contributed by atoms with Crippen LogP contribution in [0.25, 0.3) is 22.3 Å². The summed E-state index contributed by atoms with van der Waals surface area (Å²) in [6.07, 6.45) is 0. The molecule has 0 aliphatic rings. The molecule has 0 aliphatic heterocycles. The highest BCUT2D eigenvalue weighted by molar-refractivity contribution is 7.92. The lowest BCUT2D eigenvalue weighted by molar-refractivity contribution is 0.414. The van der Waals surface area contributed by atoms with E-state index in [4.69, 9.17) is 9.15 Å². The van der Waals surface area contributed by atoms with Crippen LogP contribution in [0, 0.1) is 0 Å². The number of benzene rings is 3. The van der Waals surface area contributed by atoms with Gasteiger partial charge in [0.1, 0.15) is 17.1 Å². The van der Waals surface area contributed by atoms with Crippen LogP contribution in [0.4, 0.5) is 5.69 Å². The molecular formula is C22H17NO5S. The quantitative estimate of drug-likeness (QED) is 0.534. The van der Waals surface area contributed by atoms with Crippen molar-refractivity contribution in [2.45, 2.75) is 4.90 Å². The third-order valence-electron chi connectivity index (χ3n) is 4.41. The average Bonchev–Trinajstić information content (AvgIpc) is 2.74. The highest BCUT2D eigenvalue weighted by Crippen LogP contribution is 2.25. The summed E-state index contributed by atoms with van der Waals surface area (Å²) in [6.45, 7) is 0. The fraction of sp³-hybridized carbons (Fsp3) is 0.0455. The first-order chi connectivity index (χ1) is 14.0. The first kappa shape index (κ1) is 18.8. The second-order valence-electron chi connectivity index (χ2n) is 6.33. The van der Waals surface area contributed by atoms with Gasteiger partial charge in [0.15, 0.2) is 5.43 Å². The Morgan fingerprint density at radius 3 is 2.31 bits per heavy atom. The smallest absolute Gasteiger partial charge is 0.261 e. The minimum absolute atomic E-state index is 0.0878. The maximum Gasteiger partial charge on any atom is 0.261 e. The summed E-state index contributed by atoms with van der Waals surface area (Å²) in [5, 5.41) is 0.291. The molecule has 0 bridgehead atoms. The van der Waals surface area contributed by atoms with Gasteiger partial charge in [-0.05, 0) is 42.5 Å². The van der Waals surface area contributed by atoms with E-state index in [-0.39, 0.29) is 16.0 Å². The SMILES string of the molecule is COc1ccc(S(=O)(=O)Nc2ccc3oc(-c4ccccc4)cc(=O)c3c2)cc1. The maximum absolute atomic E-state index is 12.6. The van der Waals surface area contributed by atoms with E-state index in [2.05, 4.69) is 4.72 Å². The minimum Gasteiger partial charge on any atom is -0.497 e. The molecule has 0 saturated heterocycles. The van der Waals surface area contributed by atoms with Crippen molar-refractivity contribution in [3.05, 3.63) is 89.1 Å². The van der Waals surface area contributed by atoms with Crippen molar-refractivity contribution in [3.63, 3.8) is 0 Å². The average molecular weight is 407 g/mol. The van der Waals surface area contributed by atoms with Gasteiger partial charge in [0.25, 0.3) is 10.0 Å². The Labute approximate surface area is 167 Å². The molecule has 0 spiro atoms. The minimum atomic E-state index is -3.81. The lowest BCUT2D eigenvalue weighted by atomic mass is 10.1. The number of hydrogen-bond acceptors (Lipinski definition) is 5. The Balaban J connectivity index is 1.68. The van der Waals surface area contributed by atoms with Gasteiger partial charge < -0.3 is 9.15 Å². The predicted octanol–water partition coefficient (Wildman–Crippen LogP) is 4.27. The monoisotopic (exact) mass is 407 g/mol. The molecule has 146 valence electrons. The van der Waals surface area contributed by atoms with E-state index in [1.807, 2.05) is 30.3 Å². The van der Waals surface area contributed by atoms with Crippen LogP contribution < -0.4 is 14.9 Å². The number of ether oxygens (including phenoxy) is 1. The third-order valence-corrected chi connectivity index (χ3v) is 5.80. The van der Waals surface area contributed by atoms with Gasteiger partial charge in [0.2, 0.25) is 0 Å². The fourth-order valence-electron chi connectivity index (χ4n) is 2.93. The van der Waals surface area contributed by atoms with E-state index in [1.165, 1.54) is 31.4 Å². The lowest BCUT2D eigenvalue weighted by Crippen LogP contribution is -2.13. The van der Waals surface area contributed by atoms with Crippen molar-refractivity contribution >= 4 is 26.7 Å². The van der Waals surface area contributed by atoms with Crippen molar-refractivity contribution in [1.82, 2.24) is 0 Å². The molecule has 3 aromatic carbocycles. The van der Waals surface area contributed by atoms with Crippen LogP contribution in [0.2, 0.25) is 0 Å². The van der Waals surface area contributed by atoms with Crippen LogP contribution >= 0.6 is 0 Å². The van der Waals surface area contributed by atoms with Gasteiger partial charge >= 0.3 is 0 Å². The van der Waals surface area contributed by atoms with Crippen molar-refractivity contribution in [1.29, 1.82) is 0 Å². The molecule has 0 amide bonds. The Kier molecular flexibility index (Phi) is 4.82. The number of sulfonamides is 1. The molecule has 1 N–H and O–H groups in total. The largest absolute Gasteiger partial charge is 0.497 e. The fourth-order valence-corrected chi connectivity index (χ4v) is 3.98. The topological polar surface area (TPSA) is 85.6 Å². The van der Waals surface area contributed by atoms with Crippen molar-refractivity contribution < 1.29 is 17.6 Å². The first-order valence-electron chi connectivity index (χ1n) is 8.76. The second-order valence-corrected chi connectivity index (χ2v) is 8.02. The Morgan fingerprint density at radius 1 is 0.897 bits per heavy atom. The normalized spacial score (nSPS) is 11.3. The standard InChI is InChI=1S/C22H17NO5S/c1-27-17-8-10-18(11-9-17)29(25,26)23-16-7-12-21-19(13-16)20(24)14-22(28-21)15-5-3-2-4-6-15/h2-14,23H,1H3. The molecule has 0 unspecified atom stereocenters. The van der Waals surface area contributed by atoms with Gasteiger partial charge in [-0.1, -0.05) is 30.3 Å². The van der Waals surface area contributed by atoms with Gasteiger partial charge in [-0.15, -0.1) is 0 Å². The number of nitrogens with one attached hydrogen (secondary N) is 1. The lowest BCUT2D eigenvalue weighted by Gasteiger charge is -2.10. The van der Waals surface area contributed by atoms with Crippen LogP contribution in [-0.4, -0.2) is 15.5 Å². The molecule has 1 aromatic heterocycles. The van der Waals surface area contributed by atoms with Crippen LogP contribution in [0.3, 0.4) is 0 Å². The van der Waals surface area contributed by atoms with Crippen molar-refractivity contribution in [2.75, 3.05) is 11.8 Å². The molecule has 29 heavy (non-hydrogen) atoms. The van der Waals surface area contributed by atoms with Gasteiger partial charge in [-0.2, -0.15) is 0 Å². The molecular weight excluding hydrogens is 390 g/mol. The predicted molar refractivity (Wildman–Crippen MR) is 112 cm³/mol. The number of hydrogen-bond donors (Lipinski definition) is 1. The molecule has 7 heteroatoms. The molecule has 0 saturated carbocycles. The first-order valence-corrected chi connectivity index (χ1v) is 10.2. The van der Waals surface area contributed by atoms with Gasteiger partial charge in [0, 0.05) is 17.3 Å². The molecule has 6 nitrogen and oxygen atoms in total. The van der Waals surface area contributed by atoms with Crippen molar-refractivity contribution in [2.24, 2.45) is 0 Å². The van der Waals surface area contributed by atoms with E-state index in [1.54, 1.807) is 24.3 Å². The van der Waals surface area contributed by atoms with E-state index in [9.17, 15) is 13.2 Å². The number of fused-ring (bicyclic) bond motifs is 1. The van der Waals surface area contributed by atoms with E-state index < -0.39 is 10.0 Å². The molecule has 4 aromatic rings. The zero-order chi connectivity index (χ0) is 20.4. The zero-order valence-corrected chi connectivity index (χ0v) is 16.3. The molecule has 0 fully saturated rings. The second kappa shape index (κ2) is 7.44. The van der Waals surface area contributed by atoms with E-state index >= 15 is 0 Å². The summed E-state index contributed by atoms with van der Waals surface area (Å²) in [7, 11) is -2.30. The molecule has 0 aliphatic carbocycles. The summed E-state index contributed by atoms with van der Waals surface area (Å²) in [4.78, 5) is 12.7. The maximum atomic E-state index is 12.6. The summed E-state index contributed by atoms with van der Waals surface area (Å²) in [5.41, 5.74) is 1.18. The van der Waals surface area contributed by atoms with E-state index in [0.717, 1.165) is 5.56 Å². The Hall–Kier alpha value is -3.58. The number of rotatable bonds is 5. The Morgan fingerprint density at radius 2 is 1.62 bits per heavy atom. The summed E-state index contributed by atoms with van der Waals surface area (Å²) in [6, 6.07) is 21.3. The zero-order valence-electron chi connectivity index (χ0n) is 15.5. The van der Waals surface area contributed by atoms with Gasteiger partial charge in [0.05, 0.1) is 17.4 Å². The summed E-state index contributed by atoms with van der Waals surface area (Å²) < 4.78 is 38.6. The molecule has 4 rings (SSSR count). The summed E-state index contributed by atoms with van der Waals surface area (Å²) >= 11 is 0.